The van der Waals surface area contributed by atoms with Crippen LogP contribution in [0.5, 0.6) is 0 Å². The first kappa shape index (κ1) is 7.15. The molecule has 0 atom stereocenters. The van der Waals surface area contributed by atoms with Crippen molar-refractivity contribution in [3.8, 4) is 6.33 Å². The molecule has 0 aromatic carbocycles. The first-order valence-corrected chi connectivity index (χ1v) is 2.26. The van der Waals surface area contributed by atoms with Crippen molar-refractivity contribution in [3.63, 3.8) is 0 Å². The van der Waals surface area contributed by atoms with Gasteiger partial charge in [-0.2, -0.15) is 0 Å². The number of ether oxygens (including phenoxy) is 1. The molecule has 0 aromatic heterocycles. The Balaban J connectivity index is 2.97. The molecule has 0 rings (SSSR count). The Hall–Kier alpha value is -0.850. The van der Waals surface area contributed by atoms with Crippen LogP contribution in [0.1, 0.15) is 6.42 Å². The fraction of sp³-hybridized carbons (Fsp3) is 0.333. The quantitative estimate of drug-likeness (QED) is 0.305. The Morgan fingerprint density at radius 3 is 2.88 bits per heavy atom. The van der Waals surface area contributed by atoms with E-state index in [1.807, 2.05) is 0 Å². The molecule has 0 unspecified atom stereocenters. The molecule has 0 radical (unpaired) electrons. The molecule has 0 aliphatic carbocycles. The summed E-state index contributed by atoms with van der Waals surface area (Å²) in [6.45, 7) is 7.35. The molecule has 0 bridgehead atoms. The van der Waals surface area contributed by atoms with Crippen LogP contribution in [-0.4, -0.2) is 6.61 Å². The third kappa shape index (κ3) is 5.15. The van der Waals surface area contributed by atoms with Crippen molar-refractivity contribution in [3.05, 3.63) is 19.1 Å². The molecule has 44 valence electrons. The molecule has 0 amide bonds. The topological polar surface area (TPSA) is 29.1 Å². The minimum atomic E-state index is 0.339. The van der Waals surface area contributed by atoms with E-state index in [0.29, 0.717) is 13.0 Å². The molecular formula is C6H8O2. The van der Waals surface area contributed by atoms with Crippen LogP contribution in [0.15, 0.2) is 12.2 Å². The summed E-state index contributed by atoms with van der Waals surface area (Å²) >= 11 is 0. The zero-order valence-electron chi connectivity index (χ0n) is 4.64. The van der Waals surface area contributed by atoms with E-state index in [1.54, 1.807) is 0 Å². The van der Waals surface area contributed by atoms with Crippen molar-refractivity contribution in [2.75, 3.05) is 6.61 Å². The fourth-order valence-corrected chi connectivity index (χ4v) is 0.237. The van der Waals surface area contributed by atoms with Crippen molar-refractivity contribution in [2.24, 2.45) is 0 Å². The molecular weight excluding hydrogens is 104 g/mol. The molecule has 0 aromatic rings. The molecule has 2 nitrogen and oxygen atoms in total. The van der Waals surface area contributed by atoms with Crippen LogP contribution in [0.2, 0.25) is 0 Å². The molecule has 0 aliphatic heterocycles. The van der Waals surface area contributed by atoms with E-state index in [0.717, 1.165) is 5.57 Å². The average molecular weight is 112 g/mol. The summed E-state index contributed by atoms with van der Waals surface area (Å²) in [4.78, 5) is 0. The van der Waals surface area contributed by atoms with E-state index in [4.69, 9.17) is 0 Å². The van der Waals surface area contributed by atoms with Gasteiger partial charge >= 0.3 is 47.8 Å². The predicted octanol–water partition coefficient (Wildman–Crippen LogP) is 1.13. The summed E-state index contributed by atoms with van der Waals surface area (Å²) in [5.74, 6) is 0. The summed E-state index contributed by atoms with van der Waals surface area (Å²) in [5.41, 5.74) is 0.764. The maximum absolute atomic E-state index is 9.39. The summed E-state index contributed by atoms with van der Waals surface area (Å²) in [5, 5.41) is 0. The van der Waals surface area contributed by atoms with E-state index in [1.165, 1.54) is 6.33 Å². The summed E-state index contributed by atoms with van der Waals surface area (Å²) in [6.07, 6.45) is 1.92. The molecule has 0 saturated carbocycles. The molecule has 0 fully saturated rings. The van der Waals surface area contributed by atoms with Gasteiger partial charge in [0.25, 0.3) is 0 Å². The summed E-state index contributed by atoms with van der Waals surface area (Å²) < 4.78 is 13.6. The Kier molecular flexibility index (Phi) is 3.85. The van der Waals surface area contributed by atoms with Gasteiger partial charge in [-0.1, -0.05) is 0 Å². The first-order chi connectivity index (χ1) is 3.77. The number of rotatable bonds is 3. The van der Waals surface area contributed by atoms with Crippen molar-refractivity contribution in [1.29, 1.82) is 0 Å². The van der Waals surface area contributed by atoms with Gasteiger partial charge < -0.3 is 0 Å². The van der Waals surface area contributed by atoms with Crippen molar-refractivity contribution in [2.45, 2.75) is 6.42 Å². The van der Waals surface area contributed by atoms with Gasteiger partial charge in [-0.25, -0.2) is 0 Å². The van der Waals surface area contributed by atoms with Gasteiger partial charge in [0.2, 0.25) is 0 Å². The number of hydrogen-bond acceptors (Lipinski definition) is 1. The Labute approximate surface area is 48.9 Å². The molecule has 0 heterocycles. The Morgan fingerprint density at radius 1 is 1.88 bits per heavy atom. The number of hydrogen-bond donors (Lipinski definition) is 0. The van der Waals surface area contributed by atoms with E-state index >= 15 is 0 Å². The second-order valence-electron chi connectivity index (χ2n) is 1.43. The Bertz CT molecular complexity index is 110. The van der Waals surface area contributed by atoms with E-state index in [2.05, 4.69) is 18.2 Å². The standard InChI is InChI=1S/C6H8O2/c1-6(2)3-4-8-5-7/h1-4H2. The predicted molar refractivity (Wildman–Crippen MR) is 29.6 cm³/mol. The average Bonchev–Trinajstić information content (AvgIpc) is 1.66. The van der Waals surface area contributed by atoms with Crippen molar-refractivity contribution < 1.29 is 9.39 Å². The summed E-state index contributed by atoms with van der Waals surface area (Å²) in [7, 11) is 0. The second-order valence-corrected chi connectivity index (χ2v) is 1.43. The van der Waals surface area contributed by atoms with Gasteiger partial charge in [-0.05, 0) is 0 Å². The molecule has 0 aliphatic rings. The van der Waals surface area contributed by atoms with Crippen LogP contribution in [0.25, 0.3) is 0 Å². The van der Waals surface area contributed by atoms with Crippen LogP contribution >= 0.6 is 0 Å². The van der Waals surface area contributed by atoms with Crippen molar-refractivity contribution >= 4 is 0 Å². The zero-order valence-corrected chi connectivity index (χ0v) is 4.64. The maximum atomic E-state index is 9.39. The zero-order chi connectivity index (χ0) is 6.41. The third-order valence-corrected chi connectivity index (χ3v) is 0.617. The third-order valence-electron chi connectivity index (χ3n) is 0.617. The summed E-state index contributed by atoms with van der Waals surface area (Å²) in [6, 6.07) is 0. The van der Waals surface area contributed by atoms with E-state index in [9.17, 15) is 4.65 Å². The first-order valence-electron chi connectivity index (χ1n) is 2.26. The van der Waals surface area contributed by atoms with Crippen LogP contribution in [0.4, 0.5) is 0 Å². The monoisotopic (exact) mass is 112 g/mol. The normalized spacial score (nSPS) is 7.38. The molecule has 2 heteroatoms. The molecule has 0 spiro atoms. The molecule has 0 saturated heterocycles. The second kappa shape index (κ2) is 4.31. The van der Waals surface area contributed by atoms with Gasteiger partial charge in [0.1, 0.15) is 0 Å². The van der Waals surface area contributed by atoms with E-state index < -0.39 is 0 Å². The SMILES string of the molecule is C=C([CH2-])CCOC#[O+]. The van der Waals surface area contributed by atoms with Gasteiger partial charge in [-0.3, -0.25) is 0 Å². The fourth-order valence-electron chi connectivity index (χ4n) is 0.237. The van der Waals surface area contributed by atoms with Crippen LogP contribution < -0.4 is 0 Å². The van der Waals surface area contributed by atoms with Crippen LogP contribution in [0.3, 0.4) is 0 Å². The Morgan fingerprint density at radius 2 is 2.50 bits per heavy atom. The van der Waals surface area contributed by atoms with Gasteiger partial charge in [-0.15, -0.1) is 0 Å². The van der Waals surface area contributed by atoms with Gasteiger partial charge in [0.15, 0.2) is 0 Å². The minimum absolute atomic E-state index is 0.339. The van der Waals surface area contributed by atoms with E-state index in [-0.39, 0.29) is 0 Å². The van der Waals surface area contributed by atoms with Gasteiger partial charge in [0.05, 0.1) is 0 Å². The molecule has 0 N–H and O–H groups in total. The van der Waals surface area contributed by atoms with Crippen molar-refractivity contribution in [1.82, 2.24) is 0 Å². The van der Waals surface area contributed by atoms with Gasteiger partial charge in [0, 0.05) is 0 Å². The van der Waals surface area contributed by atoms with Crippen LogP contribution in [-0.2, 0) is 9.39 Å². The molecule has 8 heavy (non-hydrogen) atoms. The van der Waals surface area contributed by atoms with Crippen LogP contribution in [0, 0.1) is 13.3 Å².